The smallest absolute Gasteiger partial charge is 0.347 e. The number of halogens is 1. The van der Waals surface area contributed by atoms with Gasteiger partial charge in [0.15, 0.2) is 0 Å². The summed E-state index contributed by atoms with van der Waals surface area (Å²) in [5.41, 5.74) is -0.281. The molecule has 6 heteroatoms. The van der Waals surface area contributed by atoms with Crippen LogP contribution < -0.4 is 11.0 Å². The van der Waals surface area contributed by atoms with Crippen LogP contribution in [0.2, 0.25) is 5.02 Å². The lowest BCUT2D eigenvalue weighted by molar-refractivity contribution is 0.149. The highest BCUT2D eigenvalue weighted by Crippen LogP contribution is 2.00. The summed E-state index contributed by atoms with van der Waals surface area (Å²) >= 11 is 5.74. The topological polar surface area (TPSA) is 56.1 Å². The molecule has 90 valence electrons. The van der Waals surface area contributed by atoms with Crippen LogP contribution in [0.4, 0.5) is 0 Å². The molecule has 0 spiro atoms. The van der Waals surface area contributed by atoms with Crippen LogP contribution >= 0.6 is 11.6 Å². The number of ether oxygens (including phenoxy) is 1. The largest absolute Gasteiger partial charge is 0.380 e. The fourth-order valence-corrected chi connectivity index (χ4v) is 1.37. The van der Waals surface area contributed by atoms with E-state index in [4.69, 9.17) is 16.3 Å². The highest BCUT2D eigenvalue weighted by molar-refractivity contribution is 6.30. The maximum Gasteiger partial charge on any atom is 0.347 e. The van der Waals surface area contributed by atoms with Gasteiger partial charge in [-0.25, -0.2) is 9.78 Å². The second-order valence-corrected chi connectivity index (χ2v) is 3.63. The molecule has 16 heavy (non-hydrogen) atoms. The van der Waals surface area contributed by atoms with Gasteiger partial charge in [-0.3, -0.25) is 4.57 Å². The Morgan fingerprint density at radius 2 is 2.38 bits per heavy atom. The normalized spacial score (nSPS) is 10.6. The van der Waals surface area contributed by atoms with Crippen LogP contribution in [0.5, 0.6) is 0 Å². The van der Waals surface area contributed by atoms with Crippen molar-refractivity contribution >= 4 is 11.6 Å². The van der Waals surface area contributed by atoms with Gasteiger partial charge in [-0.05, 0) is 6.92 Å². The third-order valence-corrected chi connectivity index (χ3v) is 2.18. The van der Waals surface area contributed by atoms with Crippen molar-refractivity contribution in [1.29, 1.82) is 0 Å². The average molecular weight is 246 g/mol. The van der Waals surface area contributed by atoms with Gasteiger partial charge in [0, 0.05) is 32.4 Å². The van der Waals surface area contributed by atoms with Gasteiger partial charge in [-0.2, -0.15) is 0 Å². The van der Waals surface area contributed by atoms with Crippen molar-refractivity contribution in [3.05, 3.63) is 27.9 Å². The molecular formula is C10H16ClN3O2. The van der Waals surface area contributed by atoms with E-state index in [1.54, 1.807) is 6.20 Å². The molecule has 0 aliphatic heterocycles. The molecule has 0 fully saturated rings. The van der Waals surface area contributed by atoms with E-state index in [1.807, 2.05) is 6.92 Å². The Hall–Kier alpha value is -0.910. The van der Waals surface area contributed by atoms with Gasteiger partial charge >= 0.3 is 5.69 Å². The molecular weight excluding hydrogens is 230 g/mol. The van der Waals surface area contributed by atoms with Crippen LogP contribution in [0.3, 0.4) is 0 Å². The molecule has 0 aliphatic carbocycles. The van der Waals surface area contributed by atoms with Crippen molar-refractivity contribution in [2.45, 2.75) is 13.5 Å². The fourth-order valence-electron chi connectivity index (χ4n) is 1.20. The Kier molecular flexibility index (Phi) is 6.07. The Balaban J connectivity index is 2.26. The van der Waals surface area contributed by atoms with Crippen molar-refractivity contribution in [2.75, 3.05) is 26.3 Å². The first kappa shape index (κ1) is 13.2. The van der Waals surface area contributed by atoms with E-state index in [-0.39, 0.29) is 5.69 Å². The monoisotopic (exact) mass is 245 g/mol. The number of aromatic nitrogens is 2. The highest BCUT2D eigenvalue weighted by Gasteiger charge is 1.97. The lowest BCUT2D eigenvalue weighted by Gasteiger charge is -2.06. The van der Waals surface area contributed by atoms with E-state index < -0.39 is 0 Å². The predicted octanol–water partition coefficient (Wildman–Crippen LogP) is 0.523. The molecule has 0 radical (unpaired) electrons. The number of hydrogen-bond donors (Lipinski definition) is 1. The summed E-state index contributed by atoms with van der Waals surface area (Å²) < 4.78 is 6.65. The second kappa shape index (κ2) is 7.38. The van der Waals surface area contributed by atoms with Gasteiger partial charge in [-0.1, -0.05) is 11.6 Å². The van der Waals surface area contributed by atoms with Crippen molar-refractivity contribution in [3.8, 4) is 0 Å². The van der Waals surface area contributed by atoms with Gasteiger partial charge in [0.2, 0.25) is 0 Å². The highest BCUT2D eigenvalue weighted by atomic mass is 35.5. The minimum Gasteiger partial charge on any atom is -0.380 e. The molecule has 1 aromatic heterocycles. The van der Waals surface area contributed by atoms with E-state index in [0.29, 0.717) is 24.7 Å². The molecule has 0 aromatic carbocycles. The molecule has 1 rings (SSSR count). The first-order valence-corrected chi connectivity index (χ1v) is 5.62. The molecule has 1 N–H and O–H groups in total. The molecule has 1 aromatic rings. The minimum absolute atomic E-state index is 0.281. The van der Waals surface area contributed by atoms with Crippen molar-refractivity contribution < 1.29 is 4.74 Å². The minimum atomic E-state index is -0.281. The van der Waals surface area contributed by atoms with Gasteiger partial charge < -0.3 is 10.1 Å². The van der Waals surface area contributed by atoms with E-state index >= 15 is 0 Å². The molecule has 0 unspecified atom stereocenters. The third kappa shape index (κ3) is 4.74. The standard InChI is InChI=1S/C10H16ClN3O2/c1-2-16-6-4-12-3-5-14-8-9(11)7-13-10(14)15/h7-8,12H,2-6H2,1H3. The summed E-state index contributed by atoms with van der Waals surface area (Å²) in [7, 11) is 0. The summed E-state index contributed by atoms with van der Waals surface area (Å²) in [5.74, 6) is 0. The Bertz CT molecular complexity index is 367. The van der Waals surface area contributed by atoms with Gasteiger partial charge in [0.1, 0.15) is 0 Å². The maximum absolute atomic E-state index is 11.3. The SMILES string of the molecule is CCOCCNCCn1cc(Cl)cnc1=O. The van der Waals surface area contributed by atoms with E-state index in [9.17, 15) is 4.79 Å². The van der Waals surface area contributed by atoms with Crippen LogP contribution in [-0.2, 0) is 11.3 Å². The van der Waals surface area contributed by atoms with Crippen molar-refractivity contribution in [3.63, 3.8) is 0 Å². The molecule has 0 saturated carbocycles. The van der Waals surface area contributed by atoms with E-state index in [0.717, 1.165) is 13.2 Å². The summed E-state index contributed by atoms with van der Waals surface area (Å²) in [5, 5.41) is 3.63. The molecule has 0 bridgehead atoms. The first-order chi connectivity index (χ1) is 7.74. The van der Waals surface area contributed by atoms with Crippen LogP contribution in [0, 0.1) is 0 Å². The van der Waals surface area contributed by atoms with Crippen LogP contribution in [-0.4, -0.2) is 35.9 Å². The zero-order valence-electron chi connectivity index (χ0n) is 9.28. The Morgan fingerprint density at radius 3 is 3.12 bits per heavy atom. The molecule has 0 atom stereocenters. The Morgan fingerprint density at radius 1 is 1.56 bits per heavy atom. The van der Waals surface area contributed by atoms with E-state index in [2.05, 4.69) is 10.3 Å². The molecule has 0 saturated heterocycles. The summed E-state index contributed by atoms with van der Waals surface area (Å²) in [6.45, 7) is 5.37. The van der Waals surface area contributed by atoms with Crippen molar-refractivity contribution in [2.24, 2.45) is 0 Å². The summed E-state index contributed by atoms with van der Waals surface area (Å²) in [6.07, 6.45) is 2.93. The lowest BCUT2D eigenvalue weighted by Crippen LogP contribution is -2.29. The maximum atomic E-state index is 11.3. The molecule has 5 nitrogen and oxygen atoms in total. The van der Waals surface area contributed by atoms with E-state index in [1.165, 1.54) is 10.8 Å². The second-order valence-electron chi connectivity index (χ2n) is 3.20. The van der Waals surface area contributed by atoms with Crippen molar-refractivity contribution in [1.82, 2.24) is 14.9 Å². The van der Waals surface area contributed by atoms with Gasteiger partial charge in [-0.15, -0.1) is 0 Å². The molecule has 1 heterocycles. The van der Waals surface area contributed by atoms with Crippen LogP contribution in [0.1, 0.15) is 6.92 Å². The molecule has 0 aliphatic rings. The quantitative estimate of drug-likeness (QED) is 0.712. The van der Waals surface area contributed by atoms with Gasteiger partial charge in [0.05, 0.1) is 17.8 Å². The van der Waals surface area contributed by atoms with Gasteiger partial charge in [0.25, 0.3) is 0 Å². The number of nitrogens with zero attached hydrogens (tertiary/aromatic N) is 2. The zero-order chi connectivity index (χ0) is 11.8. The molecule has 0 amide bonds. The Labute approximate surface area is 99.4 Å². The number of nitrogens with one attached hydrogen (secondary N) is 1. The number of rotatable bonds is 7. The fraction of sp³-hybridized carbons (Fsp3) is 0.600. The third-order valence-electron chi connectivity index (χ3n) is 1.98. The summed E-state index contributed by atoms with van der Waals surface area (Å²) in [6, 6.07) is 0. The van der Waals surface area contributed by atoms with Crippen LogP contribution in [0.15, 0.2) is 17.2 Å². The van der Waals surface area contributed by atoms with Crippen LogP contribution in [0.25, 0.3) is 0 Å². The summed E-state index contributed by atoms with van der Waals surface area (Å²) in [4.78, 5) is 14.9. The lowest BCUT2D eigenvalue weighted by atomic mass is 10.5. The average Bonchev–Trinajstić information content (AvgIpc) is 2.28. The first-order valence-electron chi connectivity index (χ1n) is 5.24. The predicted molar refractivity (Wildman–Crippen MR) is 62.9 cm³/mol. The zero-order valence-corrected chi connectivity index (χ0v) is 10.0. The number of hydrogen-bond acceptors (Lipinski definition) is 4.